The van der Waals surface area contributed by atoms with E-state index in [-0.39, 0.29) is 29.7 Å². The second kappa shape index (κ2) is 8.52. The van der Waals surface area contributed by atoms with Gasteiger partial charge in [-0.3, -0.25) is 19.0 Å². The van der Waals surface area contributed by atoms with Crippen molar-refractivity contribution in [2.75, 3.05) is 18.4 Å². The first kappa shape index (κ1) is 19.3. The van der Waals surface area contributed by atoms with E-state index in [1.165, 1.54) is 22.2 Å². The number of piperidine rings is 1. The lowest BCUT2D eigenvalue weighted by molar-refractivity contribution is -0.134. The fraction of sp³-hybridized carbons (Fsp3) is 0.350. The number of carbonyl (C=O) groups is 2. The normalized spacial score (nSPS) is 14.8. The van der Waals surface area contributed by atoms with Gasteiger partial charge in [0.15, 0.2) is 5.13 Å². The molecule has 2 aromatic heterocycles. The van der Waals surface area contributed by atoms with Gasteiger partial charge < -0.3 is 10.2 Å². The Morgan fingerprint density at radius 3 is 2.72 bits per heavy atom. The number of amides is 2. The Morgan fingerprint density at radius 2 is 1.97 bits per heavy atom. The van der Waals surface area contributed by atoms with Gasteiger partial charge in [-0.1, -0.05) is 12.1 Å². The maximum Gasteiger partial charge on any atom is 0.261 e. The van der Waals surface area contributed by atoms with E-state index in [0.717, 1.165) is 0 Å². The Bertz CT molecular complexity index is 1070. The molecule has 1 aromatic carbocycles. The Morgan fingerprint density at radius 1 is 1.17 bits per heavy atom. The van der Waals surface area contributed by atoms with Crippen molar-refractivity contribution in [3.05, 3.63) is 52.5 Å². The zero-order valence-corrected chi connectivity index (χ0v) is 16.6. The molecule has 0 aliphatic carbocycles. The van der Waals surface area contributed by atoms with Crippen LogP contribution in [0.1, 0.15) is 19.3 Å². The van der Waals surface area contributed by atoms with Crippen molar-refractivity contribution in [1.82, 2.24) is 19.4 Å². The van der Waals surface area contributed by atoms with E-state index < -0.39 is 0 Å². The van der Waals surface area contributed by atoms with Crippen LogP contribution in [0.15, 0.2) is 47.0 Å². The van der Waals surface area contributed by atoms with Gasteiger partial charge in [-0.15, -0.1) is 11.3 Å². The van der Waals surface area contributed by atoms with Crippen LogP contribution in [0.5, 0.6) is 0 Å². The van der Waals surface area contributed by atoms with Crippen molar-refractivity contribution in [2.24, 2.45) is 5.92 Å². The fourth-order valence-corrected chi connectivity index (χ4v) is 4.06. The molecule has 1 aliphatic heterocycles. The topological polar surface area (TPSA) is 97.2 Å². The van der Waals surface area contributed by atoms with Crippen LogP contribution in [-0.4, -0.2) is 44.3 Å². The maximum absolute atomic E-state index is 12.6. The zero-order chi connectivity index (χ0) is 20.2. The summed E-state index contributed by atoms with van der Waals surface area (Å²) in [5, 5.41) is 5.79. The number of likely N-dealkylation sites (tertiary alicyclic amines) is 1. The second-order valence-electron chi connectivity index (χ2n) is 6.99. The van der Waals surface area contributed by atoms with Gasteiger partial charge in [-0.25, -0.2) is 9.97 Å². The van der Waals surface area contributed by atoms with Crippen LogP contribution in [-0.2, 0) is 16.1 Å². The van der Waals surface area contributed by atoms with Crippen LogP contribution >= 0.6 is 11.3 Å². The van der Waals surface area contributed by atoms with Gasteiger partial charge >= 0.3 is 0 Å². The number of rotatable bonds is 5. The molecule has 0 saturated carbocycles. The molecule has 8 nitrogen and oxygen atoms in total. The van der Waals surface area contributed by atoms with Gasteiger partial charge in [-0.05, 0) is 25.0 Å². The largest absolute Gasteiger partial charge is 0.343 e. The molecule has 0 radical (unpaired) electrons. The van der Waals surface area contributed by atoms with Crippen LogP contribution in [0.4, 0.5) is 5.13 Å². The first-order valence-electron chi connectivity index (χ1n) is 9.54. The van der Waals surface area contributed by atoms with Crippen molar-refractivity contribution in [1.29, 1.82) is 0 Å². The standard InChI is InChI=1S/C20H21N5O3S/c26-17(7-11-25-13-22-16-4-2-1-3-15(16)19(25)28)24-9-5-14(6-10-24)18(27)23-20-21-8-12-29-20/h1-4,8,12-14H,5-7,9-11H2,(H,21,23,27). The summed E-state index contributed by atoms with van der Waals surface area (Å²) in [7, 11) is 0. The zero-order valence-electron chi connectivity index (χ0n) is 15.8. The number of para-hydroxylation sites is 1. The Labute approximate surface area is 171 Å². The smallest absolute Gasteiger partial charge is 0.261 e. The minimum atomic E-state index is -0.138. The molecule has 1 fully saturated rings. The number of aromatic nitrogens is 3. The second-order valence-corrected chi connectivity index (χ2v) is 7.89. The van der Waals surface area contributed by atoms with Gasteiger partial charge in [0.2, 0.25) is 11.8 Å². The summed E-state index contributed by atoms with van der Waals surface area (Å²) in [6, 6.07) is 7.17. The number of aryl methyl sites for hydroxylation is 1. The highest BCUT2D eigenvalue weighted by molar-refractivity contribution is 7.13. The monoisotopic (exact) mass is 411 g/mol. The minimum Gasteiger partial charge on any atom is -0.343 e. The van der Waals surface area contributed by atoms with Crippen molar-refractivity contribution in [3.63, 3.8) is 0 Å². The third kappa shape index (κ3) is 4.34. The summed E-state index contributed by atoms with van der Waals surface area (Å²) < 4.78 is 1.48. The van der Waals surface area contributed by atoms with E-state index in [2.05, 4.69) is 15.3 Å². The number of carbonyl (C=O) groups excluding carboxylic acids is 2. The summed E-state index contributed by atoms with van der Waals surface area (Å²) in [6.07, 6.45) is 4.63. The number of benzene rings is 1. The highest BCUT2D eigenvalue weighted by Crippen LogP contribution is 2.21. The van der Waals surface area contributed by atoms with Crippen LogP contribution in [0.25, 0.3) is 10.9 Å². The number of hydrogen-bond acceptors (Lipinski definition) is 6. The predicted octanol–water partition coefficient (Wildman–Crippen LogP) is 2.12. The number of nitrogens with one attached hydrogen (secondary N) is 1. The Balaban J connectivity index is 1.30. The van der Waals surface area contributed by atoms with E-state index >= 15 is 0 Å². The molecule has 1 N–H and O–H groups in total. The first-order chi connectivity index (χ1) is 14.1. The highest BCUT2D eigenvalue weighted by atomic mass is 32.1. The van der Waals surface area contributed by atoms with Crippen molar-refractivity contribution in [3.8, 4) is 0 Å². The number of thiazole rings is 1. The molecule has 1 aliphatic rings. The molecule has 9 heteroatoms. The molecule has 3 aromatic rings. The summed E-state index contributed by atoms with van der Waals surface area (Å²) in [4.78, 5) is 47.5. The third-order valence-corrected chi connectivity index (χ3v) is 5.87. The lowest BCUT2D eigenvalue weighted by Crippen LogP contribution is -2.42. The number of hydrogen-bond donors (Lipinski definition) is 1. The molecule has 150 valence electrons. The van der Waals surface area contributed by atoms with Gasteiger partial charge in [-0.2, -0.15) is 0 Å². The Kier molecular flexibility index (Phi) is 5.66. The summed E-state index contributed by atoms with van der Waals surface area (Å²) in [6.45, 7) is 1.37. The fourth-order valence-electron chi connectivity index (χ4n) is 3.52. The number of anilines is 1. The van der Waals surface area contributed by atoms with E-state index in [1.54, 1.807) is 29.3 Å². The summed E-state index contributed by atoms with van der Waals surface area (Å²) in [5.74, 6) is -0.167. The molecule has 1 saturated heterocycles. The summed E-state index contributed by atoms with van der Waals surface area (Å²) in [5.41, 5.74) is 0.513. The average Bonchev–Trinajstić information content (AvgIpc) is 3.26. The molecule has 0 atom stereocenters. The molecular weight excluding hydrogens is 390 g/mol. The maximum atomic E-state index is 12.6. The van der Waals surface area contributed by atoms with E-state index in [1.807, 2.05) is 11.4 Å². The van der Waals surface area contributed by atoms with Crippen LogP contribution < -0.4 is 10.9 Å². The SMILES string of the molecule is O=C(Nc1nccs1)C1CCN(C(=O)CCn2cnc3ccccc3c2=O)CC1. The molecule has 2 amide bonds. The molecule has 0 unspecified atom stereocenters. The predicted molar refractivity (Wildman–Crippen MR) is 111 cm³/mol. The Hall–Kier alpha value is -3.07. The summed E-state index contributed by atoms with van der Waals surface area (Å²) >= 11 is 1.39. The van der Waals surface area contributed by atoms with E-state index in [4.69, 9.17) is 0 Å². The van der Waals surface area contributed by atoms with Crippen molar-refractivity contribution >= 4 is 39.2 Å². The van der Waals surface area contributed by atoms with Crippen molar-refractivity contribution in [2.45, 2.75) is 25.8 Å². The number of fused-ring (bicyclic) bond motifs is 1. The third-order valence-electron chi connectivity index (χ3n) is 5.18. The van der Waals surface area contributed by atoms with Gasteiger partial charge in [0, 0.05) is 43.5 Å². The van der Waals surface area contributed by atoms with Crippen LogP contribution in [0.3, 0.4) is 0 Å². The van der Waals surface area contributed by atoms with Crippen LogP contribution in [0, 0.1) is 5.92 Å². The lowest BCUT2D eigenvalue weighted by atomic mass is 9.96. The van der Waals surface area contributed by atoms with E-state index in [9.17, 15) is 14.4 Å². The van der Waals surface area contributed by atoms with Gasteiger partial charge in [0.1, 0.15) is 0 Å². The van der Waals surface area contributed by atoms with Crippen molar-refractivity contribution < 1.29 is 9.59 Å². The molecule has 29 heavy (non-hydrogen) atoms. The lowest BCUT2D eigenvalue weighted by Gasteiger charge is -2.31. The van der Waals surface area contributed by atoms with Gasteiger partial charge in [0.25, 0.3) is 5.56 Å². The van der Waals surface area contributed by atoms with Crippen LogP contribution in [0.2, 0.25) is 0 Å². The quantitative estimate of drug-likeness (QED) is 0.694. The molecule has 4 rings (SSSR count). The molecule has 0 spiro atoms. The first-order valence-corrected chi connectivity index (χ1v) is 10.4. The number of nitrogens with zero attached hydrogens (tertiary/aromatic N) is 4. The van der Waals surface area contributed by atoms with E-state index in [0.29, 0.717) is 48.5 Å². The average molecular weight is 411 g/mol. The minimum absolute atomic E-state index is 0.0103. The molecule has 0 bridgehead atoms. The molecule has 3 heterocycles. The molecular formula is C20H21N5O3S. The highest BCUT2D eigenvalue weighted by Gasteiger charge is 2.27. The van der Waals surface area contributed by atoms with Gasteiger partial charge in [0.05, 0.1) is 17.2 Å².